The Morgan fingerprint density at radius 2 is 1.89 bits per heavy atom. The zero-order chi connectivity index (χ0) is 20.0. The van der Waals surface area contributed by atoms with Gasteiger partial charge in [0.05, 0.1) is 5.52 Å². The Morgan fingerprint density at radius 1 is 1.14 bits per heavy atom. The largest absolute Gasteiger partial charge is 0.324 e. The molecule has 2 heterocycles. The van der Waals surface area contributed by atoms with E-state index in [-0.39, 0.29) is 11.5 Å². The maximum atomic E-state index is 13.0. The van der Waals surface area contributed by atoms with Crippen LogP contribution in [-0.4, -0.2) is 20.1 Å². The Morgan fingerprint density at radius 3 is 2.64 bits per heavy atom. The van der Waals surface area contributed by atoms with Crippen LogP contribution in [0.4, 0.5) is 5.69 Å². The predicted molar refractivity (Wildman–Crippen MR) is 114 cm³/mol. The van der Waals surface area contributed by atoms with E-state index < -0.39 is 6.04 Å². The summed E-state index contributed by atoms with van der Waals surface area (Å²) in [6.45, 7) is 5.65. The smallest absolute Gasteiger partial charge is 0.273 e. The summed E-state index contributed by atoms with van der Waals surface area (Å²) in [5.41, 5.74) is 3.62. The first-order valence-electron chi connectivity index (χ1n) is 8.93. The van der Waals surface area contributed by atoms with Gasteiger partial charge in [0.1, 0.15) is 6.04 Å². The van der Waals surface area contributed by atoms with Crippen molar-refractivity contribution in [2.45, 2.75) is 26.8 Å². The monoisotopic (exact) mass is 438 g/mol. The molecule has 0 radical (unpaired) electrons. The first kappa shape index (κ1) is 18.4. The van der Waals surface area contributed by atoms with E-state index in [1.165, 1.54) is 6.07 Å². The SMILES string of the molecule is Cc1cc(NC(=O)C(C)n2c3ccccc3c3nc(=O)cc(C)n32)ccc1Br. The minimum absolute atomic E-state index is 0.150. The molecule has 1 atom stereocenters. The van der Waals surface area contributed by atoms with Crippen LogP contribution in [0.15, 0.2) is 57.8 Å². The molecule has 0 aliphatic heterocycles. The second kappa shape index (κ2) is 6.91. The van der Waals surface area contributed by atoms with Gasteiger partial charge in [-0.1, -0.05) is 28.1 Å². The lowest BCUT2D eigenvalue weighted by atomic mass is 10.2. The van der Waals surface area contributed by atoms with Crippen LogP contribution in [0.2, 0.25) is 0 Å². The number of fused-ring (bicyclic) bond motifs is 3. The number of hydrogen-bond acceptors (Lipinski definition) is 3. The average Bonchev–Trinajstić information content (AvgIpc) is 2.99. The van der Waals surface area contributed by atoms with Crippen LogP contribution < -0.4 is 10.9 Å². The van der Waals surface area contributed by atoms with Crippen LogP contribution in [0.25, 0.3) is 16.6 Å². The van der Waals surface area contributed by atoms with Crippen molar-refractivity contribution in [3.63, 3.8) is 0 Å². The molecule has 2 aromatic carbocycles. The van der Waals surface area contributed by atoms with Gasteiger partial charge >= 0.3 is 0 Å². The van der Waals surface area contributed by atoms with E-state index in [0.717, 1.165) is 32.3 Å². The summed E-state index contributed by atoms with van der Waals surface area (Å²) >= 11 is 3.47. The molecule has 1 amide bonds. The number of aryl methyl sites for hydroxylation is 2. The van der Waals surface area contributed by atoms with Crippen LogP contribution in [0.5, 0.6) is 0 Å². The quantitative estimate of drug-likeness (QED) is 0.520. The number of carbonyl (C=O) groups excluding carboxylic acids is 1. The van der Waals surface area contributed by atoms with Crippen LogP contribution in [0, 0.1) is 13.8 Å². The van der Waals surface area contributed by atoms with Gasteiger partial charge in [0, 0.05) is 27.3 Å². The van der Waals surface area contributed by atoms with Crippen LogP contribution >= 0.6 is 15.9 Å². The molecule has 1 unspecified atom stereocenters. The summed E-state index contributed by atoms with van der Waals surface area (Å²) in [5, 5.41) is 3.82. The summed E-state index contributed by atoms with van der Waals surface area (Å²) in [6.07, 6.45) is 0. The molecule has 0 spiro atoms. The number of anilines is 1. The average molecular weight is 439 g/mol. The number of aromatic nitrogens is 3. The zero-order valence-electron chi connectivity index (χ0n) is 15.7. The van der Waals surface area contributed by atoms with Crippen molar-refractivity contribution in [3.05, 3.63) is 74.6 Å². The van der Waals surface area contributed by atoms with Crippen LogP contribution in [0.3, 0.4) is 0 Å². The second-order valence-electron chi connectivity index (χ2n) is 6.86. The van der Waals surface area contributed by atoms with E-state index in [2.05, 4.69) is 26.2 Å². The van der Waals surface area contributed by atoms with E-state index in [1.54, 1.807) is 0 Å². The zero-order valence-corrected chi connectivity index (χ0v) is 17.3. The first-order chi connectivity index (χ1) is 13.4. The molecule has 0 aliphatic carbocycles. The number of carbonyl (C=O) groups is 1. The summed E-state index contributed by atoms with van der Waals surface area (Å²) in [7, 11) is 0. The first-order valence-corrected chi connectivity index (χ1v) is 9.73. The Labute approximate surface area is 169 Å². The minimum Gasteiger partial charge on any atom is -0.324 e. The summed E-state index contributed by atoms with van der Waals surface area (Å²) < 4.78 is 4.71. The number of rotatable bonds is 3. The molecule has 0 aliphatic rings. The summed E-state index contributed by atoms with van der Waals surface area (Å²) in [6, 6.07) is 14.3. The minimum atomic E-state index is -0.519. The Hall–Kier alpha value is -2.93. The highest BCUT2D eigenvalue weighted by molar-refractivity contribution is 9.10. The number of hydrogen-bond donors (Lipinski definition) is 1. The Kier molecular flexibility index (Phi) is 4.55. The topological polar surface area (TPSA) is 68.4 Å². The molecule has 4 aromatic rings. The fourth-order valence-corrected chi connectivity index (χ4v) is 3.72. The molecule has 1 N–H and O–H groups in total. The lowest BCUT2D eigenvalue weighted by Crippen LogP contribution is -2.27. The second-order valence-corrected chi connectivity index (χ2v) is 7.72. The number of nitrogens with zero attached hydrogens (tertiary/aromatic N) is 3. The highest BCUT2D eigenvalue weighted by Gasteiger charge is 2.22. The van der Waals surface area contributed by atoms with Crippen LogP contribution in [-0.2, 0) is 4.79 Å². The lowest BCUT2D eigenvalue weighted by Gasteiger charge is -2.18. The molecule has 2 aromatic heterocycles. The Bertz CT molecular complexity index is 1290. The molecule has 6 nitrogen and oxygen atoms in total. The fourth-order valence-electron chi connectivity index (χ4n) is 3.47. The van der Waals surface area contributed by atoms with Gasteiger partial charge in [-0.3, -0.25) is 14.3 Å². The van der Waals surface area contributed by atoms with Gasteiger partial charge in [0.15, 0.2) is 5.65 Å². The molecular weight excluding hydrogens is 420 g/mol. The summed E-state index contributed by atoms with van der Waals surface area (Å²) in [4.78, 5) is 29.2. The fraction of sp³-hybridized carbons (Fsp3) is 0.190. The number of amides is 1. The molecule has 0 saturated carbocycles. The van der Waals surface area contributed by atoms with E-state index in [4.69, 9.17) is 0 Å². The third-order valence-corrected chi connectivity index (χ3v) is 5.75. The van der Waals surface area contributed by atoms with Gasteiger partial charge in [-0.2, -0.15) is 4.98 Å². The van der Waals surface area contributed by atoms with Crippen molar-refractivity contribution in [1.29, 1.82) is 0 Å². The third kappa shape index (κ3) is 3.01. The molecular formula is C21H19BrN4O2. The lowest BCUT2D eigenvalue weighted by molar-refractivity contribution is -0.119. The molecule has 0 fully saturated rings. The highest BCUT2D eigenvalue weighted by Crippen LogP contribution is 2.26. The van der Waals surface area contributed by atoms with Crippen molar-refractivity contribution < 1.29 is 4.79 Å². The summed E-state index contributed by atoms with van der Waals surface area (Å²) in [5.74, 6) is -0.150. The van der Waals surface area contributed by atoms with Gasteiger partial charge in [-0.05, 0) is 56.7 Å². The van der Waals surface area contributed by atoms with Crippen LogP contribution in [0.1, 0.15) is 24.2 Å². The molecule has 28 heavy (non-hydrogen) atoms. The molecule has 142 valence electrons. The van der Waals surface area contributed by atoms with Gasteiger partial charge < -0.3 is 5.32 Å². The molecule has 0 saturated heterocycles. The van der Waals surface area contributed by atoms with Crippen molar-refractivity contribution in [2.24, 2.45) is 0 Å². The third-order valence-electron chi connectivity index (χ3n) is 4.86. The maximum absolute atomic E-state index is 13.0. The Balaban J connectivity index is 1.83. The van der Waals surface area contributed by atoms with Gasteiger partial charge in [-0.25, -0.2) is 4.52 Å². The van der Waals surface area contributed by atoms with E-state index >= 15 is 0 Å². The van der Waals surface area contributed by atoms with Crippen molar-refractivity contribution in [3.8, 4) is 0 Å². The number of benzene rings is 2. The van der Waals surface area contributed by atoms with E-state index in [9.17, 15) is 9.59 Å². The molecule has 7 heteroatoms. The molecule has 4 rings (SSSR count). The number of para-hydroxylation sites is 1. The van der Waals surface area contributed by atoms with Gasteiger partial charge in [0.25, 0.3) is 5.56 Å². The predicted octanol–water partition coefficient (Wildman–Crippen LogP) is 4.23. The standard InChI is InChI=1S/C21H19BrN4O2/c1-12-10-15(8-9-17(12)22)23-21(28)14(3)26-18-7-5-4-6-16(18)20-24-19(27)11-13(2)25(20)26/h4-11,14H,1-3H3,(H,23,28). The van der Waals surface area contributed by atoms with Crippen molar-refractivity contribution >= 4 is 44.1 Å². The van der Waals surface area contributed by atoms with Gasteiger partial charge in [0.2, 0.25) is 5.91 Å². The van der Waals surface area contributed by atoms with E-state index in [1.807, 2.05) is 72.4 Å². The molecule has 0 bridgehead atoms. The van der Waals surface area contributed by atoms with Crippen molar-refractivity contribution in [1.82, 2.24) is 14.2 Å². The van der Waals surface area contributed by atoms with E-state index in [0.29, 0.717) is 5.65 Å². The highest BCUT2D eigenvalue weighted by atomic mass is 79.9. The van der Waals surface area contributed by atoms with Crippen molar-refractivity contribution in [2.75, 3.05) is 5.32 Å². The van der Waals surface area contributed by atoms with Gasteiger partial charge in [-0.15, -0.1) is 0 Å². The number of nitrogens with one attached hydrogen (secondary N) is 1. The normalized spacial score (nSPS) is 12.4. The maximum Gasteiger partial charge on any atom is 0.273 e. The number of halogens is 1.